The first-order valence-corrected chi connectivity index (χ1v) is 7.07. The summed E-state index contributed by atoms with van der Waals surface area (Å²) in [6.07, 6.45) is -0.317. The number of nitrogens with zero attached hydrogens (tertiary/aromatic N) is 2. The first-order chi connectivity index (χ1) is 8.78. The van der Waals surface area contributed by atoms with Crippen LogP contribution in [0, 0.1) is 17.1 Å². The second-order valence-corrected chi connectivity index (χ2v) is 6.26. The molecule has 5 nitrogen and oxygen atoms in total. The summed E-state index contributed by atoms with van der Waals surface area (Å²) in [6, 6.07) is 4.67. The van der Waals surface area contributed by atoms with Crippen molar-refractivity contribution in [3.8, 4) is 6.07 Å². The molecule has 0 spiro atoms. The van der Waals surface area contributed by atoms with E-state index >= 15 is 0 Å². The van der Waals surface area contributed by atoms with Crippen LogP contribution in [0.2, 0.25) is 0 Å². The molecule has 0 aliphatic heterocycles. The zero-order chi connectivity index (χ0) is 14.6. The van der Waals surface area contributed by atoms with Gasteiger partial charge in [0.25, 0.3) is 0 Å². The van der Waals surface area contributed by atoms with E-state index in [-0.39, 0.29) is 17.0 Å². The lowest BCUT2D eigenvalue weighted by atomic mass is 10.2. The highest BCUT2D eigenvalue weighted by Crippen LogP contribution is 2.18. The third-order valence-corrected chi connectivity index (χ3v) is 4.48. The Morgan fingerprint density at radius 2 is 2.16 bits per heavy atom. The fraction of sp³-hybridized carbons (Fsp3) is 0.417. The van der Waals surface area contributed by atoms with E-state index in [2.05, 4.69) is 0 Å². The lowest BCUT2D eigenvalue weighted by Gasteiger charge is -2.18. The molecule has 1 unspecified atom stereocenters. The van der Waals surface area contributed by atoms with Crippen molar-refractivity contribution in [1.82, 2.24) is 4.31 Å². The van der Waals surface area contributed by atoms with Crippen LogP contribution in [0.15, 0.2) is 23.1 Å². The Morgan fingerprint density at radius 3 is 2.68 bits per heavy atom. The minimum Gasteiger partial charge on any atom is -0.393 e. The van der Waals surface area contributed by atoms with E-state index in [1.54, 1.807) is 13.0 Å². The molecule has 0 aromatic heterocycles. The van der Waals surface area contributed by atoms with Gasteiger partial charge in [0, 0.05) is 13.6 Å². The predicted molar refractivity (Wildman–Crippen MR) is 67.2 cm³/mol. The van der Waals surface area contributed by atoms with Gasteiger partial charge >= 0.3 is 0 Å². The van der Waals surface area contributed by atoms with Gasteiger partial charge in [0.15, 0.2) is 0 Å². The molecule has 1 aromatic carbocycles. The maximum Gasteiger partial charge on any atom is 0.242 e. The minimum atomic E-state index is -3.78. The molecular weight excluding hydrogens is 271 g/mol. The van der Waals surface area contributed by atoms with Crippen LogP contribution >= 0.6 is 0 Å². The minimum absolute atomic E-state index is 0.138. The van der Waals surface area contributed by atoms with Crippen LogP contribution in [0.4, 0.5) is 4.39 Å². The van der Waals surface area contributed by atoms with Gasteiger partial charge in [-0.3, -0.25) is 0 Å². The molecule has 0 saturated carbocycles. The molecule has 7 heteroatoms. The molecule has 1 rings (SSSR count). The highest BCUT2D eigenvalue weighted by Gasteiger charge is 2.22. The number of benzene rings is 1. The molecule has 0 bridgehead atoms. The van der Waals surface area contributed by atoms with Crippen molar-refractivity contribution in [3.63, 3.8) is 0 Å². The van der Waals surface area contributed by atoms with Crippen molar-refractivity contribution in [2.24, 2.45) is 0 Å². The van der Waals surface area contributed by atoms with Crippen molar-refractivity contribution < 1.29 is 17.9 Å². The van der Waals surface area contributed by atoms with Gasteiger partial charge in [0.2, 0.25) is 10.0 Å². The van der Waals surface area contributed by atoms with Crippen LogP contribution in [0.5, 0.6) is 0 Å². The smallest absolute Gasteiger partial charge is 0.242 e. The molecule has 0 aliphatic rings. The van der Waals surface area contributed by atoms with E-state index in [9.17, 15) is 12.8 Å². The Balaban J connectivity index is 3.04. The topological polar surface area (TPSA) is 81.4 Å². The van der Waals surface area contributed by atoms with E-state index in [0.717, 1.165) is 22.5 Å². The molecular formula is C12H15FN2O3S. The summed E-state index contributed by atoms with van der Waals surface area (Å²) in [4.78, 5) is -0.140. The predicted octanol–water partition coefficient (Wildman–Crippen LogP) is 1.09. The van der Waals surface area contributed by atoms with Crippen LogP contribution in [0.3, 0.4) is 0 Å². The SMILES string of the molecule is CC(O)CCN(C)S(=O)(=O)c1ccc(F)c(C#N)c1. The number of sulfonamides is 1. The maximum atomic E-state index is 13.1. The molecule has 0 amide bonds. The van der Waals surface area contributed by atoms with Crippen LogP contribution in [0.25, 0.3) is 0 Å². The second-order valence-electron chi connectivity index (χ2n) is 4.22. The lowest BCUT2D eigenvalue weighted by molar-refractivity contribution is 0.177. The van der Waals surface area contributed by atoms with E-state index < -0.39 is 21.9 Å². The summed E-state index contributed by atoms with van der Waals surface area (Å²) in [5, 5.41) is 17.8. The number of aliphatic hydroxyl groups is 1. The molecule has 0 aliphatic carbocycles. The van der Waals surface area contributed by atoms with Crippen LogP contribution in [-0.2, 0) is 10.0 Å². The largest absolute Gasteiger partial charge is 0.393 e. The molecule has 0 fully saturated rings. The van der Waals surface area contributed by atoms with Crippen molar-refractivity contribution in [1.29, 1.82) is 5.26 Å². The van der Waals surface area contributed by atoms with Crippen molar-refractivity contribution in [3.05, 3.63) is 29.6 Å². The average Bonchev–Trinajstić information content (AvgIpc) is 2.35. The van der Waals surface area contributed by atoms with Gasteiger partial charge in [0.05, 0.1) is 16.6 Å². The van der Waals surface area contributed by atoms with Crippen LogP contribution in [-0.4, -0.2) is 37.5 Å². The van der Waals surface area contributed by atoms with Gasteiger partial charge in [0.1, 0.15) is 11.9 Å². The summed E-state index contributed by atoms with van der Waals surface area (Å²) in [5.41, 5.74) is -0.315. The van der Waals surface area contributed by atoms with Gasteiger partial charge in [-0.05, 0) is 31.5 Å². The van der Waals surface area contributed by atoms with Gasteiger partial charge in [-0.25, -0.2) is 17.1 Å². The van der Waals surface area contributed by atoms with Crippen LogP contribution in [0.1, 0.15) is 18.9 Å². The summed E-state index contributed by atoms with van der Waals surface area (Å²) < 4.78 is 38.5. The summed E-state index contributed by atoms with van der Waals surface area (Å²) in [6.45, 7) is 1.70. The summed E-state index contributed by atoms with van der Waals surface area (Å²) in [5.74, 6) is -0.756. The van der Waals surface area contributed by atoms with E-state index in [1.165, 1.54) is 7.05 Å². The van der Waals surface area contributed by atoms with E-state index in [0.29, 0.717) is 6.42 Å². The summed E-state index contributed by atoms with van der Waals surface area (Å²) >= 11 is 0. The number of rotatable bonds is 5. The van der Waals surface area contributed by atoms with Crippen molar-refractivity contribution in [2.75, 3.05) is 13.6 Å². The molecule has 0 heterocycles. The average molecular weight is 286 g/mol. The zero-order valence-corrected chi connectivity index (χ0v) is 11.5. The zero-order valence-electron chi connectivity index (χ0n) is 10.7. The summed E-state index contributed by atoms with van der Waals surface area (Å²) in [7, 11) is -2.41. The lowest BCUT2D eigenvalue weighted by Crippen LogP contribution is -2.29. The quantitative estimate of drug-likeness (QED) is 0.878. The number of halogens is 1. The Hall–Kier alpha value is -1.49. The van der Waals surface area contributed by atoms with Gasteiger partial charge < -0.3 is 5.11 Å². The molecule has 104 valence electrons. The number of nitriles is 1. The fourth-order valence-corrected chi connectivity index (χ4v) is 2.63. The van der Waals surface area contributed by atoms with Gasteiger partial charge in [-0.2, -0.15) is 5.26 Å². The fourth-order valence-electron chi connectivity index (χ4n) is 1.42. The maximum absolute atomic E-state index is 13.1. The van der Waals surface area contributed by atoms with Gasteiger partial charge in [-0.15, -0.1) is 0 Å². The third-order valence-electron chi connectivity index (χ3n) is 2.63. The standard InChI is InChI=1S/C12H15FN2O3S/c1-9(16)5-6-15(2)19(17,18)11-3-4-12(13)10(7-11)8-14/h3-4,7,9,16H,5-6H2,1-2H3. The van der Waals surface area contributed by atoms with Gasteiger partial charge in [-0.1, -0.05) is 0 Å². The molecule has 19 heavy (non-hydrogen) atoms. The van der Waals surface area contributed by atoms with E-state index in [1.807, 2.05) is 0 Å². The number of hydrogen-bond acceptors (Lipinski definition) is 4. The molecule has 1 atom stereocenters. The Morgan fingerprint density at radius 1 is 1.53 bits per heavy atom. The Kier molecular flexibility index (Phi) is 5.00. The monoisotopic (exact) mass is 286 g/mol. The van der Waals surface area contributed by atoms with E-state index in [4.69, 9.17) is 10.4 Å². The normalized spacial score (nSPS) is 13.3. The first kappa shape index (κ1) is 15.6. The molecule has 1 N–H and O–H groups in total. The Labute approximate surface area is 111 Å². The highest BCUT2D eigenvalue weighted by molar-refractivity contribution is 7.89. The molecule has 1 aromatic rings. The van der Waals surface area contributed by atoms with Crippen LogP contribution < -0.4 is 0 Å². The third kappa shape index (κ3) is 3.73. The number of hydrogen-bond donors (Lipinski definition) is 1. The number of aliphatic hydroxyl groups excluding tert-OH is 1. The molecule has 0 radical (unpaired) electrons. The highest BCUT2D eigenvalue weighted by atomic mass is 32.2. The van der Waals surface area contributed by atoms with Crippen molar-refractivity contribution >= 4 is 10.0 Å². The Bertz CT molecular complexity index is 593. The second kappa shape index (κ2) is 6.10. The molecule has 0 saturated heterocycles. The first-order valence-electron chi connectivity index (χ1n) is 5.63. The van der Waals surface area contributed by atoms with Crippen molar-refractivity contribution in [2.45, 2.75) is 24.3 Å².